The van der Waals surface area contributed by atoms with Gasteiger partial charge in [0.15, 0.2) is 0 Å². The summed E-state index contributed by atoms with van der Waals surface area (Å²) in [6.45, 7) is 16.7. The summed E-state index contributed by atoms with van der Waals surface area (Å²) in [5.74, 6) is 0. The smallest absolute Gasteiger partial charge is 0.105 e. The molecule has 0 heterocycles. The molecule has 0 rings (SSSR count). The second-order valence-electron chi connectivity index (χ2n) is 5.23. The van der Waals surface area contributed by atoms with E-state index in [2.05, 4.69) is 27.0 Å². The topological polar surface area (TPSA) is 27.7 Å². The van der Waals surface area contributed by atoms with Crippen LogP contribution >= 0.6 is 0 Å². The zero-order chi connectivity index (χ0) is 14.1. The Morgan fingerprint density at radius 1 is 1.00 bits per heavy atom. The molecule has 0 radical (unpaired) electrons. The summed E-state index contributed by atoms with van der Waals surface area (Å²) >= 11 is 0. The monoisotopic (exact) mass is 256 g/mol. The third-order valence-corrected chi connectivity index (χ3v) is 3.17. The highest BCUT2D eigenvalue weighted by atomic mass is 16.5. The first-order valence-corrected chi connectivity index (χ1v) is 6.54. The van der Waals surface area contributed by atoms with Gasteiger partial charge in [0.1, 0.15) is 5.60 Å². The van der Waals surface area contributed by atoms with Gasteiger partial charge in [-0.25, -0.2) is 0 Å². The van der Waals surface area contributed by atoms with Crippen LogP contribution in [0.4, 0.5) is 0 Å². The molecule has 0 aliphatic carbocycles. The predicted octanol–water partition coefficient (Wildman–Crippen LogP) is 4.05. The van der Waals surface area contributed by atoms with Crippen LogP contribution in [0.25, 0.3) is 0 Å². The van der Waals surface area contributed by atoms with E-state index >= 15 is 0 Å². The molecule has 0 aromatic rings. The van der Waals surface area contributed by atoms with Crippen molar-refractivity contribution in [1.82, 2.24) is 0 Å². The summed E-state index contributed by atoms with van der Waals surface area (Å²) in [4.78, 5) is 0. The van der Waals surface area contributed by atoms with Crippen LogP contribution in [0.3, 0.4) is 0 Å². The lowest BCUT2D eigenvalue weighted by Gasteiger charge is -2.31. The Labute approximate surface area is 112 Å². The van der Waals surface area contributed by atoms with Gasteiger partial charge in [0.25, 0.3) is 0 Å². The van der Waals surface area contributed by atoms with Crippen LogP contribution in [-0.2, 0) is 14.2 Å². The van der Waals surface area contributed by atoms with Gasteiger partial charge in [-0.1, -0.05) is 20.1 Å². The van der Waals surface area contributed by atoms with Crippen molar-refractivity contribution in [1.29, 1.82) is 0 Å². The normalized spacial score (nSPS) is 14.7. The Morgan fingerprint density at radius 3 is 2.17 bits per heavy atom. The van der Waals surface area contributed by atoms with E-state index in [1.165, 1.54) is 12.5 Å². The average molecular weight is 256 g/mol. The van der Waals surface area contributed by atoms with Crippen LogP contribution in [0, 0.1) is 0 Å². The maximum Gasteiger partial charge on any atom is 0.105 e. The van der Waals surface area contributed by atoms with Crippen molar-refractivity contribution in [3.63, 3.8) is 0 Å². The van der Waals surface area contributed by atoms with E-state index < -0.39 is 0 Å². The molecule has 0 aliphatic heterocycles. The molecule has 0 saturated carbocycles. The molecule has 3 heteroatoms. The summed E-state index contributed by atoms with van der Waals surface area (Å²) in [7, 11) is 0. The van der Waals surface area contributed by atoms with Crippen molar-refractivity contribution >= 4 is 0 Å². The molecule has 18 heavy (non-hydrogen) atoms. The molecule has 0 aromatic carbocycles. The Kier molecular flexibility index (Phi) is 7.76. The summed E-state index contributed by atoms with van der Waals surface area (Å²) in [5.41, 5.74) is -0.374. The summed E-state index contributed by atoms with van der Waals surface area (Å²) in [5, 5.41) is 0. The Balaban J connectivity index is 4.05. The minimum Gasteiger partial charge on any atom is -0.502 e. The molecular formula is C15H28O3. The van der Waals surface area contributed by atoms with Crippen LogP contribution in [-0.4, -0.2) is 24.4 Å². The van der Waals surface area contributed by atoms with E-state index in [1.807, 2.05) is 13.8 Å². The molecule has 106 valence electrons. The zero-order valence-corrected chi connectivity index (χ0v) is 12.3. The van der Waals surface area contributed by atoms with Gasteiger partial charge >= 0.3 is 0 Å². The van der Waals surface area contributed by atoms with Crippen molar-refractivity contribution in [2.45, 2.75) is 58.2 Å². The SMILES string of the molecule is C=COCCC(C)(CC)OCCC(C)(C)OC=C. The molecule has 0 amide bonds. The molecule has 0 fully saturated rings. The lowest BCUT2D eigenvalue weighted by Crippen LogP contribution is -2.32. The van der Waals surface area contributed by atoms with Gasteiger partial charge in [-0.3, -0.25) is 0 Å². The van der Waals surface area contributed by atoms with Crippen LogP contribution < -0.4 is 0 Å². The third-order valence-electron chi connectivity index (χ3n) is 3.17. The predicted molar refractivity (Wildman–Crippen MR) is 75.4 cm³/mol. The van der Waals surface area contributed by atoms with Crippen LogP contribution in [0.15, 0.2) is 25.7 Å². The van der Waals surface area contributed by atoms with Crippen molar-refractivity contribution in [2.24, 2.45) is 0 Å². The molecule has 0 N–H and O–H groups in total. The van der Waals surface area contributed by atoms with Gasteiger partial charge < -0.3 is 14.2 Å². The second kappa shape index (κ2) is 8.20. The van der Waals surface area contributed by atoms with Gasteiger partial charge in [-0.15, -0.1) is 0 Å². The average Bonchev–Trinajstić information content (AvgIpc) is 2.29. The minimum atomic E-state index is -0.228. The Hall–Kier alpha value is -0.960. The quantitative estimate of drug-likeness (QED) is 0.412. The summed E-state index contributed by atoms with van der Waals surface area (Å²) in [6.07, 6.45) is 5.60. The molecule has 0 aromatic heterocycles. The van der Waals surface area contributed by atoms with E-state index in [-0.39, 0.29) is 11.2 Å². The van der Waals surface area contributed by atoms with Crippen LogP contribution in [0.5, 0.6) is 0 Å². The number of hydrogen-bond donors (Lipinski definition) is 0. The Bertz CT molecular complexity index is 248. The number of hydrogen-bond acceptors (Lipinski definition) is 3. The first kappa shape index (κ1) is 17.0. The maximum absolute atomic E-state index is 5.98. The van der Waals surface area contributed by atoms with Crippen molar-refractivity contribution in [3.05, 3.63) is 25.7 Å². The number of ether oxygens (including phenoxy) is 3. The van der Waals surface area contributed by atoms with Gasteiger partial charge in [-0.2, -0.15) is 0 Å². The highest BCUT2D eigenvalue weighted by molar-refractivity contribution is 4.76. The largest absolute Gasteiger partial charge is 0.502 e. The highest BCUT2D eigenvalue weighted by Crippen LogP contribution is 2.22. The fraction of sp³-hybridized carbons (Fsp3) is 0.733. The summed E-state index contributed by atoms with van der Waals surface area (Å²) in [6, 6.07) is 0. The standard InChI is InChI=1S/C15H28O3/c1-7-15(6,11-12-16-8-2)18-13-10-14(4,5)17-9-3/h8-9H,2-3,7,10-13H2,1,4-6H3. The van der Waals surface area contributed by atoms with Gasteiger partial charge in [0, 0.05) is 12.8 Å². The van der Waals surface area contributed by atoms with Gasteiger partial charge in [-0.05, 0) is 27.2 Å². The molecule has 0 bridgehead atoms. The zero-order valence-electron chi connectivity index (χ0n) is 12.3. The highest BCUT2D eigenvalue weighted by Gasteiger charge is 2.25. The molecule has 0 spiro atoms. The van der Waals surface area contributed by atoms with Crippen molar-refractivity contribution < 1.29 is 14.2 Å². The molecule has 1 unspecified atom stereocenters. The van der Waals surface area contributed by atoms with E-state index in [0.29, 0.717) is 13.2 Å². The first-order chi connectivity index (χ1) is 8.39. The van der Waals surface area contributed by atoms with Crippen molar-refractivity contribution in [2.75, 3.05) is 13.2 Å². The Morgan fingerprint density at radius 2 is 1.67 bits per heavy atom. The third kappa shape index (κ3) is 7.38. The number of rotatable bonds is 11. The van der Waals surface area contributed by atoms with Gasteiger partial charge in [0.05, 0.1) is 31.3 Å². The van der Waals surface area contributed by atoms with E-state index in [4.69, 9.17) is 14.2 Å². The molecule has 1 atom stereocenters. The van der Waals surface area contributed by atoms with E-state index in [9.17, 15) is 0 Å². The lowest BCUT2D eigenvalue weighted by molar-refractivity contribution is -0.0714. The first-order valence-electron chi connectivity index (χ1n) is 6.54. The van der Waals surface area contributed by atoms with Crippen LogP contribution in [0.2, 0.25) is 0 Å². The fourth-order valence-corrected chi connectivity index (χ4v) is 1.54. The minimum absolute atomic E-state index is 0.146. The van der Waals surface area contributed by atoms with E-state index in [1.54, 1.807) is 0 Å². The van der Waals surface area contributed by atoms with E-state index in [0.717, 1.165) is 19.3 Å². The van der Waals surface area contributed by atoms with Crippen molar-refractivity contribution in [3.8, 4) is 0 Å². The molecular weight excluding hydrogens is 228 g/mol. The van der Waals surface area contributed by atoms with Gasteiger partial charge in [0.2, 0.25) is 0 Å². The molecule has 0 saturated heterocycles. The second-order valence-corrected chi connectivity index (χ2v) is 5.23. The molecule has 3 nitrogen and oxygen atoms in total. The molecule has 0 aliphatic rings. The maximum atomic E-state index is 5.98. The fourth-order valence-electron chi connectivity index (χ4n) is 1.54. The lowest BCUT2D eigenvalue weighted by atomic mass is 9.99. The van der Waals surface area contributed by atoms with Crippen LogP contribution in [0.1, 0.15) is 47.0 Å². The summed E-state index contributed by atoms with van der Waals surface area (Å²) < 4.78 is 16.6.